The van der Waals surface area contributed by atoms with Gasteiger partial charge in [0.25, 0.3) is 0 Å². The van der Waals surface area contributed by atoms with Gasteiger partial charge in [-0.3, -0.25) is 0 Å². The highest BCUT2D eigenvalue weighted by Gasteiger charge is 1.95. The number of allylic oxidation sites excluding steroid dienone is 1. The van der Waals surface area contributed by atoms with Crippen molar-refractivity contribution in [2.24, 2.45) is 0 Å². The number of nitrogens with zero attached hydrogens (tertiary/aromatic N) is 1. The van der Waals surface area contributed by atoms with Gasteiger partial charge < -0.3 is 10.4 Å². The number of carbonyl (C=O) groups is 1. The van der Waals surface area contributed by atoms with E-state index in [1.165, 1.54) is 6.08 Å². The van der Waals surface area contributed by atoms with Crippen LogP contribution >= 0.6 is 0 Å². The van der Waals surface area contributed by atoms with Crippen LogP contribution in [0.1, 0.15) is 11.1 Å². The van der Waals surface area contributed by atoms with Crippen molar-refractivity contribution in [1.82, 2.24) is 5.32 Å². The van der Waals surface area contributed by atoms with E-state index in [-0.39, 0.29) is 0 Å². The first-order valence-corrected chi connectivity index (χ1v) is 4.84. The van der Waals surface area contributed by atoms with Gasteiger partial charge in [0.1, 0.15) is 0 Å². The third-order valence-corrected chi connectivity index (χ3v) is 2.02. The minimum absolute atomic E-state index is 0.405. The number of nitriles is 1. The molecule has 0 aliphatic rings. The van der Waals surface area contributed by atoms with Crippen molar-refractivity contribution in [2.75, 3.05) is 6.54 Å². The van der Waals surface area contributed by atoms with Crippen molar-refractivity contribution in [3.8, 4) is 6.07 Å². The third kappa shape index (κ3) is 4.29. The summed E-state index contributed by atoms with van der Waals surface area (Å²) in [6.07, 6.45) is 2.79. The molecule has 1 amide bonds. The zero-order valence-electron chi connectivity index (χ0n) is 8.68. The van der Waals surface area contributed by atoms with Crippen LogP contribution in [-0.2, 0) is 6.42 Å². The lowest BCUT2D eigenvalue weighted by Gasteiger charge is -2.02. The molecule has 0 saturated carbocycles. The van der Waals surface area contributed by atoms with Gasteiger partial charge in [-0.1, -0.05) is 24.3 Å². The summed E-state index contributed by atoms with van der Waals surface area (Å²) in [6, 6.07) is 9.54. The molecule has 0 radical (unpaired) electrons. The van der Waals surface area contributed by atoms with Crippen LogP contribution in [0.4, 0.5) is 4.79 Å². The van der Waals surface area contributed by atoms with E-state index in [1.54, 1.807) is 6.08 Å². The molecule has 16 heavy (non-hydrogen) atoms. The Morgan fingerprint density at radius 3 is 2.69 bits per heavy atom. The standard InChI is InChI=1S/C12H12N2O2/c13-8-1-2-10-3-5-11(6-4-10)7-9-14-12(15)16/h1-6,14H,7,9H2,(H,15,16)/b2-1-. The van der Waals surface area contributed by atoms with Crippen LogP contribution in [0.2, 0.25) is 0 Å². The van der Waals surface area contributed by atoms with Crippen LogP contribution in [0.3, 0.4) is 0 Å². The number of nitrogens with one attached hydrogen (secondary N) is 1. The van der Waals surface area contributed by atoms with Crippen LogP contribution in [0.15, 0.2) is 30.3 Å². The molecule has 2 N–H and O–H groups in total. The van der Waals surface area contributed by atoms with Crippen LogP contribution in [0, 0.1) is 11.3 Å². The minimum Gasteiger partial charge on any atom is -0.465 e. The number of hydrogen-bond donors (Lipinski definition) is 2. The molecule has 0 fully saturated rings. The number of carboxylic acid groups (broad SMARTS) is 1. The van der Waals surface area contributed by atoms with Crippen molar-refractivity contribution in [3.63, 3.8) is 0 Å². The number of hydrogen-bond acceptors (Lipinski definition) is 2. The molecule has 0 saturated heterocycles. The topological polar surface area (TPSA) is 73.1 Å². The number of rotatable bonds is 4. The monoisotopic (exact) mass is 216 g/mol. The molecule has 82 valence electrons. The Balaban J connectivity index is 2.49. The molecule has 0 aliphatic heterocycles. The van der Waals surface area contributed by atoms with Crippen LogP contribution < -0.4 is 5.32 Å². The molecule has 0 atom stereocenters. The van der Waals surface area contributed by atoms with Gasteiger partial charge in [-0.25, -0.2) is 4.79 Å². The maximum atomic E-state index is 10.2. The average molecular weight is 216 g/mol. The van der Waals surface area contributed by atoms with E-state index >= 15 is 0 Å². The van der Waals surface area contributed by atoms with Gasteiger partial charge in [0, 0.05) is 12.6 Å². The zero-order valence-corrected chi connectivity index (χ0v) is 8.68. The Kier molecular flexibility index (Phi) is 4.61. The molecule has 0 spiro atoms. The first-order chi connectivity index (χ1) is 7.72. The SMILES string of the molecule is N#C/C=C\c1ccc(CCNC(=O)O)cc1. The fourth-order valence-electron chi connectivity index (χ4n) is 1.24. The van der Waals surface area contributed by atoms with Crippen molar-refractivity contribution < 1.29 is 9.90 Å². The van der Waals surface area contributed by atoms with Gasteiger partial charge in [-0.05, 0) is 23.6 Å². The molecule has 1 aromatic rings. The van der Waals surface area contributed by atoms with E-state index in [2.05, 4.69) is 5.32 Å². The number of benzene rings is 1. The fraction of sp³-hybridized carbons (Fsp3) is 0.167. The summed E-state index contributed by atoms with van der Waals surface area (Å²) in [4.78, 5) is 10.2. The minimum atomic E-state index is -1.01. The maximum absolute atomic E-state index is 10.2. The van der Waals surface area contributed by atoms with Gasteiger partial charge in [0.15, 0.2) is 0 Å². The second-order valence-corrected chi connectivity index (χ2v) is 3.19. The van der Waals surface area contributed by atoms with Gasteiger partial charge in [0.05, 0.1) is 6.07 Å². The Hall–Kier alpha value is -2.28. The molecule has 1 rings (SSSR count). The van der Waals surface area contributed by atoms with E-state index in [0.29, 0.717) is 13.0 Å². The van der Waals surface area contributed by atoms with Crippen LogP contribution in [0.25, 0.3) is 6.08 Å². The molecular formula is C12H12N2O2. The molecule has 4 heteroatoms. The summed E-state index contributed by atoms with van der Waals surface area (Å²) < 4.78 is 0. The van der Waals surface area contributed by atoms with Gasteiger partial charge in [-0.15, -0.1) is 0 Å². The maximum Gasteiger partial charge on any atom is 0.404 e. The van der Waals surface area contributed by atoms with Crippen molar-refractivity contribution in [2.45, 2.75) is 6.42 Å². The quantitative estimate of drug-likeness (QED) is 0.756. The first-order valence-electron chi connectivity index (χ1n) is 4.84. The van der Waals surface area contributed by atoms with E-state index in [4.69, 9.17) is 10.4 Å². The summed E-state index contributed by atoms with van der Waals surface area (Å²) in [5.41, 5.74) is 2.01. The fourth-order valence-corrected chi connectivity index (χ4v) is 1.24. The second-order valence-electron chi connectivity index (χ2n) is 3.19. The zero-order chi connectivity index (χ0) is 11.8. The van der Waals surface area contributed by atoms with Gasteiger partial charge in [-0.2, -0.15) is 5.26 Å². The Bertz CT molecular complexity index is 416. The highest BCUT2D eigenvalue weighted by molar-refractivity contribution is 5.64. The predicted octanol–water partition coefficient (Wildman–Crippen LogP) is 2.03. The lowest BCUT2D eigenvalue weighted by Crippen LogP contribution is -2.23. The highest BCUT2D eigenvalue weighted by atomic mass is 16.4. The van der Waals surface area contributed by atoms with Crippen molar-refractivity contribution in [3.05, 3.63) is 41.5 Å². The van der Waals surface area contributed by atoms with Crippen molar-refractivity contribution in [1.29, 1.82) is 5.26 Å². The predicted molar refractivity (Wildman–Crippen MR) is 60.8 cm³/mol. The summed E-state index contributed by atoms with van der Waals surface area (Å²) in [6.45, 7) is 0.405. The Morgan fingerprint density at radius 1 is 1.44 bits per heavy atom. The van der Waals surface area contributed by atoms with Crippen molar-refractivity contribution >= 4 is 12.2 Å². The Labute approximate surface area is 93.8 Å². The van der Waals surface area contributed by atoms with Gasteiger partial charge >= 0.3 is 6.09 Å². The van der Waals surface area contributed by atoms with Crippen LogP contribution in [0.5, 0.6) is 0 Å². The molecule has 4 nitrogen and oxygen atoms in total. The molecule has 1 aromatic carbocycles. The summed E-state index contributed by atoms with van der Waals surface area (Å²) in [7, 11) is 0. The molecular weight excluding hydrogens is 204 g/mol. The lowest BCUT2D eigenvalue weighted by atomic mass is 10.1. The second kappa shape index (κ2) is 6.25. The lowest BCUT2D eigenvalue weighted by molar-refractivity contribution is 0.194. The van der Waals surface area contributed by atoms with E-state index in [1.807, 2.05) is 30.3 Å². The van der Waals surface area contributed by atoms with E-state index in [9.17, 15) is 4.79 Å². The normalized spacial score (nSPS) is 9.94. The smallest absolute Gasteiger partial charge is 0.404 e. The third-order valence-electron chi connectivity index (χ3n) is 2.02. The average Bonchev–Trinajstić information content (AvgIpc) is 2.27. The summed E-state index contributed by atoms with van der Waals surface area (Å²) in [5, 5.41) is 19.0. The van der Waals surface area contributed by atoms with E-state index < -0.39 is 6.09 Å². The highest BCUT2D eigenvalue weighted by Crippen LogP contribution is 2.06. The largest absolute Gasteiger partial charge is 0.465 e. The molecule has 0 bridgehead atoms. The molecule has 0 aliphatic carbocycles. The molecule has 0 heterocycles. The van der Waals surface area contributed by atoms with E-state index in [0.717, 1.165) is 11.1 Å². The number of amides is 1. The summed E-state index contributed by atoms with van der Waals surface area (Å²) in [5.74, 6) is 0. The summed E-state index contributed by atoms with van der Waals surface area (Å²) >= 11 is 0. The molecule has 0 unspecified atom stereocenters. The van der Waals surface area contributed by atoms with Crippen LogP contribution in [-0.4, -0.2) is 17.7 Å². The first kappa shape index (κ1) is 11.8. The van der Waals surface area contributed by atoms with Gasteiger partial charge in [0.2, 0.25) is 0 Å². The Morgan fingerprint density at radius 2 is 2.12 bits per heavy atom. The molecule has 0 aromatic heterocycles.